The lowest BCUT2D eigenvalue weighted by atomic mass is 9.81. The Morgan fingerprint density at radius 3 is 2.38 bits per heavy atom. The van der Waals surface area contributed by atoms with Crippen LogP contribution in [-0.4, -0.2) is 47.7 Å². The van der Waals surface area contributed by atoms with Crippen LogP contribution in [0.5, 0.6) is 0 Å². The standard InChI is InChI=1S/C19H23NO6/c1-4-25-18(23)17(22)15-10-20(13(3)12(2)16(15)21)19(24)26-11-14-8-6-5-7-9-14/h5-9,12-13,15H,4,10-11H2,1-3H3/t12-,13-,15-/m1/s1. The van der Waals surface area contributed by atoms with Crippen LogP contribution in [0.1, 0.15) is 26.3 Å². The molecule has 7 nitrogen and oxygen atoms in total. The maximum absolute atomic E-state index is 12.5. The number of hydrogen-bond donors (Lipinski definition) is 0. The van der Waals surface area contributed by atoms with Crippen molar-refractivity contribution in [3.63, 3.8) is 0 Å². The SMILES string of the molecule is CCOC(=O)C(=O)[C@@H]1CN(C(=O)OCc2ccccc2)[C@H](C)[C@@H](C)C1=O. The second-order valence-corrected chi connectivity index (χ2v) is 6.26. The number of hydrogen-bond acceptors (Lipinski definition) is 6. The Morgan fingerprint density at radius 1 is 1.12 bits per heavy atom. The fraction of sp³-hybridized carbons (Fsp3) is 0.474. The molecule has 1 heterocycles. The number of piperidine rings is 1. The van der Waals surface area contributed by atoms with E-state index in [0.717, 1.165) is 5.56 Å². The molecule has 26 heavy (non-hydrogen) atoms. The van der Waals surface area contributed by atoms with Gasteiger partial charge in [-0.25, -0.2) is 9.59 Å². The van der Waals surface area contributed by atoms with Crippen molar-refractivity contribution in [3.8, 4) is 0 Å². The fourth-order valence-electron chi connectivity index (χ4n) is 2.88. The molecule has 1 aromatic rings. The molecule has 0 bridgehead atoms. The second-order valence-electron chi connectivity index (χ2n) is 6.26. The van der Waals surface area contributed by atoms with Crippen LogP contribution in [0, 0.1) is 11.8 Å². The predicted octanol–water partition coefficient (Wildman–Crippen LogP) is 1.98. The van der Waals surface area contributed by atoms with Gasteiger partial charge in [0.05, 0.1) is 6.61 Å². The highest BCUT2D eigenvalue weighted by molar-refractivity contribution is 6.38. The molecule has 7 heteroatoms. The minimum Gasteiger partial charge on any atom is -0.460 e. The van der Waals surface area contributed by atoms with E-state index in [4.69, 9.17) is 9.47 Å². The molecule has 0 spiro atoms. The van der Waals surface area contributed by atoms with Gasteiger partial charge in [0.2, 0.25) is 0 Å². The van der Waals surface area contributed by atoms with Crippen molar-refractivity contribution >= 4 is 23.6 Å². The summed E-state index contributed by atoms with van der Waals surface area (Å²) >= 11 is 0. The molecule has 140 valence electrons. The molecule has 0 N–H and O–H groups in total. The van der Waals surface area contributed by atoms with Crippen LogP contribution < -0.4 is 0 Å². The van der Waals surface area contributed by atoms with E-state index in [1.807, 2.05) is 30.3 Å². The van der Waals surface area contributed by atoms with Crippen LogP contribution in [0.3, 0.4) is 0 Å². The van der Waals surface area contributed by atoms with Crippen molar-refractivity contribution in [3.05, 3.63) is 35.9 Å². The van der Waals surface area contributed by atoms with E-state index in [0.29, 0.717) is 0 Å². The lowest BCUT2D eigenvalue weighted by molar-refractivity contribution is -0.159. The Morgan fingerprint density at radius 2 is 1.77 bits per heavy atom. The van der Waals surface area contributed by atoms with Gasteiger partial charge in [0, 0.05) is 18.5 Å². The molecule has 0 unspecified atom stereocenters. The van der Waals surface area contributed by atoms with Gasteiger partial charge < -0.3 is 14.4 Å². The van der Waals surface area contributed by atoms with Gasteiger partial charge in [-0.3, -0.25) is 9.59 Å². The lowest BCUT2D eigenvalue weighted by Crippen LogP contribution is -2.56. The molecule has 1 fully saturated rings. The zero-order valence-electron chi connectivity index (χ0n) is 15.1. The van der Waals surface area contributed by atoms with Gasteiger partial charge in [0.1, 0.15) is 12.5 Å². The van der Waals surface area contributed by atoms with Crippen LogP contribution in [0.4, 0.5) is 4.79 Å². The molecule has 0 aromatic heterocycles. The van der Waals surface area contributed by atoms with E-state index in [1.54, 1.807) is 20.8 Å². The van der Waals surface area contributed by atoms with E-state index >= 15 is 0 Å². The van der Waals surface area contributed by atoms with Crippen molar-refractivity contribution in [1.29, 1.82) is 0 Å². The molecule has 0 aliphatic carbocycles. The average molecular weight is 361 g/mol. The average Bonchev–Trinajstić information content (AvgIpc) is 2.65. The van der Waals surface area contributed by atoms with E-state index in [9.17, 15) is 19.2 Å². The zero-order chi connectivity index (χ0) is 19.3. The Bertz CT molecular complexity index is 687. The number of rotatable bonds is 5. The molecule has 1 saturated heterocycles. The molecular formula is C19H23NO6. The number of carbonyl (C=O) groups excluding carboxylic acids is 4. The number of esters is 1. The normalized spacial score (nSPS) is 22.7. The van der Waals surface area contributed by atoms with Gasteiger partial charge in [0.25, 0.3) is 5.78 Å². The maximum Gasteiger partial charge on any atom is 0.410 e. The monoisotopic (exact) mass is 361 g/mol. The second kappa shape index (κ2) is 8.60. The largest absolute Gasteiger partial charge is 0.460 e. The number of nitrogens with zero attached hydrogens (tertiary/aromatic N) is 1. The molecule has 1 aliphatic rings. The fourth-order valence-corrected chi connectivity index (χ4v) is 2.88. The highest BCUT2D eigenvalue weighted by Gasteiger charge is 2.45. The van der Waals surface area contributed by atoms with Crippen molar-refractivity contribution in [2.75, 3.05) is 13.2 Å². The van der Waals surface area contributed by atoms with Crippen molar-refractivity contribution in [1.82, 2.24) is 4.90 Å². The minimum absolute atomic E-state index is 0.0419. The van der Waals surface area contributed by atoms with Crippen LogP contribution in [0.15, 0.2) is 30.3 Å². The summed E-state index contributed by atoms with van der Waals surface area (Å²) in [6.45, 7) is 4.87. The van der Waals surface area contributed by atoms with E-state index in [-0.39, 0.29) is 25.5 Å². The quantitative estimate of drug-likeness (QED) is 0.453. The number of ether oxygens (including phenoxy) is 2. The summed E-state index contributed by atoms with van der Waals surface area (Å²) in [6.07, 6.45) is -0.623. The summed E-state index contributed by atoms with van der Waals surface area (Å²) in [4.78, 5) is 50.1. The van der Waals surface area contributed by atoms with Crippen molar-refractivity contribution in [2.45, 2.75) is 33.4 Å². The zero-order valence-corrected chi connectivity index (χ0v) is 15.1. The van der Waals surface area contributed by atoms with Crippen molar-refractivity contribution < 1.29 is 28.7 Å². The molecular weight excluding hydrogens is 338 g/mol. The predicted molar refractivity (Wildman–Crippen MR) is 92.1 cm³/mol. The van der Waals surface area contributed by atoms with Crippen LogP contribution in [0.2, 0.25) is 0 Å². The third kappa shape index (κ3) is 4.28. The summed E-state index contributed by atoms with van der Waals surface area (Å²) in [5.41, 5.74) is 0.828. The number of amides is 1. The maximum atomic E-state index is 12.5. The first kappa shape index (κ1) is 19.6. The summed E-state index contributed by atoms with van der Waals surface area (Å²) in [6, 6.07) is 8.75. The Labute approximate surface area is 152 Å². The molecule has 1 aromatic carbocycles. The molecule has 2 rings (SSSR count). The van der Waals surface area contributed by atoms with Gasteiger partial charge in [-0.1, -0.05) is 37.3 Å². The van der Waals surface area contributed by atoms with Crippen molar-refractivity contribution in [2.24, 2.45) is 11.8 Å². The Kier molecular flexibility index (Phi) is 6.49. The van der Waals surface area contributed by atoms with E-state index in [1.165, 1.54) is 4.90 Å². The summed E-state index contributed by atoms with van der Waals surface area (Å²) in [5.74, 6) is -4.13. The third-order valence-corrected chi connectivity index (χ3v) is 4.62. The number of likely N-dealkylation sites (tertiary alicyclic amines) is 1. The number of benzene rings is 1. The molecule has 1 amide bonds. The van der Waals surface area contributed by atoms with Gasteiger partial charge in [-0.05, 0) is 19.4 Å². The van der Waals surface area contributed by atoms with Gasteiger partial charge in [-0.2, -0.15) is 0 Å². The third-order valence-electron chi connectivity index (χ3n) is 4.62. The smallest absolute Gasteiger partial charge is 0.410 e. The molecule has 1 aliphatic heterocycles. The first-order valence-corrected chi connectivity index (χ1v) is 8.58. The Hall–Kier alpha value is -2.70. The molecule has 3 atom stereocenters. The first-order valence-electron chi connectivity index (χ1n) is 8.58. The Balaban J connectivity index is 2.09. The minimum atomic E-state index is -1.22. The number of carbonyl (C=O) groups is 4. The van der Waals surface area contributed by atoms with E-state index < -0.39 is 35.7 Å². The summed E-state index contributed by atoms with van der Waals surface area (Å²) in [5, 5.41) is 0. The summed E-state index contributed by atoms with van der Waals surface area (Å²) in [7, 11) is 0. The number of Topliss-reactive ketones (excluding diaryl/α,β-unsaturated/α-hetero) is 2. The van der Waals surface area contributed by atoms with E-state index in [2.05, 4.69) is 0 Å². The number of ketones is 2. The van der Waals surface area contributed by atoms with Gasteiger partial charge in [0.15, 0.2) is 5.78 Å². The molecule has 0 radical (unpaired) electrons. The van der Waals surface area contributed by atoms with Gasteiger partial charge in [-0.15, -0.1) is 0 Å². The highest BCUT2D eigenvalue weighted by Crippen LogP contribution is 2.26. The lowest BCUT2D eigenvalue weighted by Gasteiger charge is -2.39. The first-order chi connectivity index (χ1) is 12.4. The van der Waals surface area contributed by atoms with Crippen LogP contribution >= 0.6 is 0 Å². The summed E-state index contributed by atoms with van der Waals surface area (Å²) < 4.78 is 10.00. The van der Waals surface area contributed by atoms with Crippen LogP contribution in [0.25, 0.3) is 0 Å². The van der Waals surface area contributed by atoms with Gasteiger partial charge >= 0.3 is 12.1 Å². The highest BCUT2D eigenvalue weighted by atomic mass is 16.6. The molecule has 0 saturated carbocycles. The topological polar surface area (TPSA) is 90.0 Å². The van der Waals surface area contributed by atoms with Crippen LogP contribution in [-0.2, 0) is 30.5 Å².